The topological polar surface area (TPSA) is 66.9 Å². The molecule has 0 fully saturated rings. The normalized spacial score (nSPS) is 10.0. The maximum atomic E-state index is 11.9. The molecule has 2 aromatic rings. The van der Waals surface area contributed by atoms with Gasteiger partial charge in [-0.25, -0.2) is 0 Å². The van der Waals surface area contributed by atoms with Crippen molar-refractivity contribution in [2.45, 2.75) is 6.42 Å². The first-order valence-electron chi connectivity index (χ1n) is 6.90. The van der Waals surface area contributed by atoms with Crippen molar-refractivity contribution in [1.29, 1.82) is 0 Å². The molecule has 0 unspecified atom stereocenters. The van der Waals surface area contributed by atoms with Gasteiger partial charge in [0.1, 0.15) is 5.82 Å². The van der Waals surface area contributed by atoms with E-state index in [0.717, 1.165) is 12.0 Å². The quantitative estimate of drug-likeness (QED) is 0.771. The van der Waals surface area contributed by atoms with E-state index < -0.39 is 0 Å². The second-order valence-electron chi connectivity index (χ2n) is 4.61. The van der Waals surface area contributed by atoms with Gasteiger partial charge in [-0.3, -0.25) is 4.79 Å². The van der Waals surface area contributed by atoms with Crippen molar-refractivity contribution >= 4 is 23.3 Å². The number of benzene rings is 1. The molecule has 0 saturated carbocycles. The zero-order valence-electron chi connectivity index (χ0n) is 12.1. The van der Waals surface area contributed by atoms with Crippen LogP contribution in [0.15, 0.2) is 49.1 Å². The molecule has 0 aliphatic carbocycles. The van der Waals surface area contributed by atoms with Crippen molar-refractivity contribution < 1.29 is 4.79 Å². The van der Waals surface area contributed by atoms with Gasteiger partial charge in [0.2, 0.25) is 0 Å². The molecular formula is C16H17ClN4O. The molecule has 22 heavy (non-hydrogen) atoms. The summed E-state index contributed by atoms with van der Waals surface area (Å²) in [6.07, 6.45) is 2.45. The number of amides is 1. The standard InChI is InChI=1S/C16H17ClN4O/c1-2-10-18-15-8-7-14(20-21-15)16(22)19-11-9-12-3-5-13(17)6-4-12/h2-8H,1,9-11H2,(H,18,21)(H,19,22). The third kappa shape index (κ3) is 4.86. The maximum Gasteiger partial charge on any atom is 0.271 e. The molecule has 114 valence electrons. The Kier molecular flexibility index (Phi) is 5.91. The Morgan fingerprint density at radius 2 is 1.95 bits per heavy atom. The number of hydrogen-bond donors (Lipinski definition) is 2. The Bertz CT molecular complexity index is 626. The molecule has 0 aliphatic rings. The fraction of sp³-hybridized carbons (Fsp3) is 0.188. The van der Waals surface area contributed by atoms with E-state index in [9.17, 15) is 4.79 Å². The monoisotopic (exact) mass is 316 g/mol. The molecule has 2 N–H and O–H groups in total. The minimum Gasteiger partial charge on any atom is -0.365 e. The Balaban J connectivity index is 1.81. The van der Waals surface area contributed by atoms with Crippen LogP contribution in [-0.4, -0.2) is 29.2 Å². The van der Waals surface area contributed by atoms with Gasteiger partial charge in [-0.1, -0.05) is 29.8 Å². The lowest BCUT2D eigenvalue weighted by Crippen LogP contribution is -2.26. The first kappa shape index (κ1) is 16.0. The van der Waals surface area contributed by atoms with Gasteiger partial charge in [-0.2, -0.15) is 0 Å². The van der Waals surface area contributed by atoms with Crippen molar-refractivity contribution in [1.82, 2.24) is 15.5 Å². The molecule has 0 spiro atoms. The third-order valence-corrected chi connectivity index (χ3v) is 3.19. The Hall–Kier alpha value is -2.40. The van der Waals surface area contributed by atoms with Gasteiger partial charge in [-0.05, 0) is 36.2 Å². The van der Waals surface area contributed by atoms with E-state index in [0.29, 0.717) is 29.6 Å². The molecule has 0 radical (unpaired) electrons. The Morgan fingerprint density at radius 1 is 1.18 bits per heavy atom. The van der Waals surface area contributed by atoms with Gasteiger partial charge in [0, 0.05) is 18.1 Å². The number of nitrogens with zero attached hydrogens (tertiary/aromatic N) is 2. The molecule has 0 bridgehead atoms. The highest BCUT2D eigenvalue weighted by Gasteiger charge is 2.07. The number of nitrogens with one attached hydrogen (secondary N) is 2. The van der Waals surface area contributed by atoms with Crippen LogP contribution in [0.4, 0.5) is 5.82 Å². The number of carbonyl (C=O) groups is 1. The summed E-state index contributed by atoms with van der Waals surface area (Å²) in [4.78, 5) is 11.9. The lowest BCUT2D eigenvalue weighted by atomic mass is 10.1. The molecular weight excluding hydrogens is 300 g/mol. The van der Waals surface area contributed by atoms with Crippen molar-refractivity contribution in [2.75, 3.05) is 18.4 Å². The highest BCUT2D eigenvalue weighted by atomic mass is 35.5. The van der Waals surface area contributed by atoms with Crippen LogP contribution in [0.5, 0.6) is 0 Å². The SMILES string of the molecule is C=CCNc1ccc(C(=O)NCCc2ccc(Cl)cc2)nn1. The van der Waals surface area contributed by atoms with Gasteiger partial charge < -0.3 is 10.6 Å². The minimum absolute atomic E-state index is 0.239. The molecule has 1 heterocycles. The number of carbonyl (C=O) groups excluding carboxylic acids is 1. The second kappa shape index (κ2) is 8.14. The molecule has 1 aromatic carbocycles. The van der Waals surface area contributed by atoms with Gasteiger partial charge in [0.15, 0.2) is 5.69 Å². The summed E-state index contributed by atoms with van der Waals surface area (Å²) in [5.74, 6) is 0.370. The van der Waals surface area contributed by atoms with Crippen LogP contribution in [0, 0.1) is 0 Å². The van der Waals surface area contributed by atoms with E-state index in [1.54, 1.807) is 18.2 Å². The lowest BCUT2D eigenvalue weighted by molar-refractivity contribution is 0.0948. The number of halogens is 1. The molecule has 0 atom stereocenters. The molecule has 1 amide bonds. The average Bonchev–Trinajstić information content (AvgIpc) is 2.55. The molecule has 1 aromatic heterocycles. The van der Waals surface area contributed by atoms with Crippen LogP contribution in [0.1, 0.15) is 16.1 Å². The molecule has 0 aliphatic heterocycles. The Morgan fingerprint density at radius 3 is 2.59 bits per heavy atom. The van der Waals surface area contributed by atoms with Crippen LogP contribution in [-0.2, 0) is 6.42 Å². The molecule has 6 heteroatoms. The van der Waals surface area contributed by atoms with Crippen LogP contribution in [0.2, 0.25) is 5.02 Å². The van der Waals surface area contributed by atoms with E-state index in [4.69, 9.17) is 11.6 Å². The number of aromatic nitrogens is 2. The zero-order chi connectivity index (χ0) is 15.8. The predicted octanol–water partition coefficient (Wildman–Crippen LogP) is 2.70. The smallest absolute Gasteiger partial charge is 0.271 e. The van der Waals surface area contributed by atoms with Crippen LogP contribution < -0.4 is 10.6 Å². The van der Waals surface area contributed by atoms with E-state index >= 15 is 0 Å². The first-order valence-corrected chi connectivity index (χ1v) is 7.28. The summed E-state index contributed by atoms with van der Waals surface area (Å²) in [5.41, 5.74) is 1.40. The summed E-state index contributed by atoms with van der Waals surface area (Å²) in [5, 5.41) is 14.3. The van der Waals surface area contributed by atoms with E-state index in [1.165, 1.54) is 0 Å². The van der Waals surface area contributed by atoms with Gasteiger partial charge in [-0.15, -0.1) is 16.8 Å². The largest absolute Gasteiger partial charge is 0.365 e. The summed E-state index contributed by atoms with van der Waals surface area (Å²) in [7, 11) is 0. The summed E-state index contributed by atoms with van der Waals surface area (Å²) in [6.45, 7) is 4.73. The highest BCUT2D eigenvalue weighted by molar-refractivity contribution is 6.30. The summed E-state index contributed by atoms with van der Waals surface area (Å²) < 4.78 is 0. The fourth-order valence-electron chi connectivity index (χ4n) is 1.79. The van der Waals surface area contributed by atoms with E-state index in [1.807, 2.05) is 24.3 Å². The van der Waals surface area contributed by atoms with Gasteiger partial charge >= 0.3 is 0 Å². The summed E-state index contributed by atoms with van der Waals surface area (Å²) >= 11 is 5.83. The first-order chi connectivity index (χ1) is 10.7. The number of rotatable bonds is 7. The highest BCUT2D eigenvalue weighted by Crippen LogP contribution is 2.09. The average molecular weight is 317 g/mol. The van der Waals surface area contributed by atoms with Crippen LogP contribution >= 0.6 is 11.6 Å². The maximum absolute atomic E-state index is 11.9. The minimum atomic E-state index is -0.239. The Labute approximate surface area is 134 Å². The predicted molar refractivity (Wildman–Crippen MR) is 88.2 cm³/mol. The van der Waals surface area contributed by atoms with E-state index in [-0.39, 0.29) is 5.91 Å². The summed E-state index contributed by atoms with van der Waals surface area (Å²) in [6, 6.07) is 10.9. The fourth-order valence-corrected chi connectivity index (χ4v) is 1.91. The third-order valence-electron chi connectivity index (χ3n) is 2.94. The van der Waals surface area contributed by atoms with Crippen LogP contribution in [0.25, 0.3) is 0 Å². The van der Waals surface area contributed by atoms with Crippen LogP contribution in [0.3, 0.4) is 0 Å². The van der Waals surface area contributed by atoms with Gasteiger partial charge in [0.05, 0.1) is 0 Å². The van der Waals surface area contributed by atoms with Crippen molar-refractivity contribution in [3.8, 4) is 0 Å². The number of hydrogen-bond acceptors (Lipinski definition) is 4. The van der Waals surface area contributed by atoms with Gasteiger partial charge in [0.25, 0.3) is 5.91 Å². The molecule has 5 nitrogen and oxygen atoms in total. The van der Waals surface area contributed by atoms with Crippen molar-refractivity contribution in [2.24, 2.45) is 0 Å². The lowest BCUT2D eigenvalue weighted by Gasteiger charge is -2.06. The van der Waals surface area contributed by atoms with E-state index in [2.05, 4.69) is 27.4 Å². The molecule has 2 rings (SSSR count). The number of anilines is 1. The van der Waals surface area contributed by atoms with Crippen molar-refractivity contribution in [3.63, 3.8) is 0 Å². The zero-order valence-corrected chi connectivity index (χ0v) is 12.8. The van der Waals surface area contributed by atoms with Crippen molar-refractivity contribution in [3.05, 3.63) is 65.3 Å². The second-order valence-corrected chi connectivity index (χ2v) is 5.04. The molecule has 0 saturated heterocycles.